The molecule has 0 saturated carbocycles. The van der Waals surface area contributed by atoms with Crippen molar-refractivity contribution < 1.29 is 0 Å². The molecule has 0 fully saturated rings. The van der Waals surface area contributed by atoms with E-state index in [9.17, 15) is 0 Å². The van der Waals surface area contributed by atoms with Gasteiger partial charge in [0, 0.05) is 23.2 Å². The zero-order valence-electron chi connectivity index (χ0n) is 11.1. The Hall–Kier alpha value is -0.780. The minimum atomic E-state index is 0.870. The third kappa shape index (κ3) is 3.37. The number of hydrogen-bond acceptors (Lipinski definition) is 5. The number of hydrogen-bond donors (Lipinski definition) is 1. The van der Waals surface area contributed by atoms with Crippen molar-refractivity contribution in [2.45, 2.75) is 39.7 Å². The molecular weight excluding hydrogens is 262 g/mol. The van der Waals surface area contributed by atoms with Gasteiger partial charge in [0.05, 0.1) is 21.4 Å². The van der Waals surface area contributed by atoms with Crippen molar-refractivity contribution in [2.75, 3.05) is 7.05 Å². The molecule has 2 heterocycles. The van der Waals surface area contributed by atoms with Crippen LogP contribution in [-0.4, -0.2) is 17.0 Å². The molecule has 2 rings (SSSR count). The molecule has 2 aromatic heterocycles. The van der Waals surface area contributed by atoms with Crippen LogP contribution in [0.5, 0.6) is 0 Å². The van der Waals surface area contributed by atoms with Gasteiger partial charge in [0.1, 0.15) is 0 Å². The maximum Gasteiger partial charge on any atom is 0.0991 e. The molecule has 5 heteroatoms. The van der Waals surface area contributed by atoms with E-state index in [1.54, 1.807) is 11.3 Å². The largest absolute Gasteiger partial charge is 0.315 e. The van der Waals surface area contributed by atoms with Crippen LogP contribution >= 0.6 is 22.7 Å². The Balaban J connectivity index is 2.15. The SMILES string of the molecule is CCCc1nc(Cc2csc(C)n2)sc1CNC. The summed E-state index contributed by atoms with van der Waals surface area (Å²) >= 11 is 3.53. The lowest BCUT2D eigenvalue weighted by atomic mass is 10.2. The summed E-state index contributed by atoms with van der Waals surface area (Å²) in [6.07, 6.45) is 3.09. The summed E-state index contributed by atoms with van der Waals surface area (Å²) in [6, 6.07) is 0. The summed E-state index contributed by atoms with van der Waals surface area (Å²) in [5.41, 5.74) is 2.41. The zero-order valence-corrected chi connectivity index (χ0v) is 12.7. The van der Waals surface area contributed by atoms with Gasteiger partial charge in [-0.05, 0) is 20.4 Å². The fraction of sp³-hybridized carbons (Fsp3) is 0.538. The Morgan fingerprint density at radius 1 is 1.33 bits per heavy atom. The standard InChI is InChI=1S/C13H19N3S2/c1-4-5-11-12(7-14-3)18-13(16-11)6-10-8-17-9(2)15-10/h8,14H,4-7H2,1-3H3. The molecule has 3 nitrogen and oxygen atoms in total. The molecule has 0 spiro atoms. The first-order valence-corrected chi connectivity index (χ1v) is 7.95. The molecule has 0 atom stereocenters. The van der Waals surface area contributed by atoms with E-state index in [0.717, 1.165) is 36.5 Å². The van der Waals surface area contributed by atoms with E-state index in [1.165, 1.54) is 15.6 Å². The molecule has 0 aliphatic carbocycles. The topological polar surface area (TPSA) is 37.8 Å². The monoisotopic (exact) mass is 281 g/mol. The quantitative estimate of drug-likeness (QED) is 0.884. The summed E-state index contributed by atoms with van der Waals surface area (Å²) in [5, 5.41) is 7.67. The van der Waals surface area contributed by atoms with Crippen molar-refractivity contribution in [3.63, 3.8) is 0 Å². The second kappa shape index (κ2) is 6.41. The molecule has 0 saturated heterocycles. The lowest BCUT2D eigenvalue weighted by Gasteiger charge is -1.98. The van der Waals surface area contributed by atoms with Crippen molar-refractivity contribution >= 4 is 22.7 Å². The molecule has 0 amide bonds. The molecule has 0 aliphatic rings. The van der Waals surface area contributed by atoms with Gasteiger partial charge in [-0.1, -0.05) is 13.3 Å². The van der Waals surface area contributed by atoms with E-state index in [4.69, 9.17) is 4.98 Å². The van der Waals surface area contributed by atoms with Crippen LogP contribution in [0, 0.1) is 6.92 Å². The molecule has 98 valence electrons. The van der Waals surface area contributed by atoms with Gasteiger partial charge >= 0.3 is 0 Å². The summed E-state index contributed by atoms with van der Waals surface area (Å²) in [7, 11) is 1.99. The maximum absolute atomic E-state index is 4.77. The number of nitrogens with one attached hydrogen (secondary N) is 1. The van der Waals surface area contributed by atoms with Crippen LogP contribution in [0.15, 0.2) is 5.38 Å². The van der Waals surface area contributed by atoms with E-state index in [1.807, 2.05) is 25.3 Å². The normalized spacial score (nSPS) is 11.1. The molecule has 2 aromatic rings. The number of nitrogens with zero attached hydrogens (tertiary/aromatic N) is 2. The molecule has 0 radical (unpaired) electrons. The Morgan fingerprint density at radius 2 is 2.17 bits per heavy atom. The van der Waals surface area contributed by atoms with E-state index in [0.29, 0.717) is 0 Å². The molecule has 0 aliphatic heterocycles. The van der Waals surface area contributed by atoms with Crippen LogP contribution in [0.1, 0.15) is 39.6 Å². The molecular formula is C13H19N3S2. The van der Waals surface area contributed by atoms with Gasteiger partial charge in [0.15, 0.2) is 0 Å². The van der Waals surface area contributed by atoms with Gasteiger partial charge in [-0.3, -0.25) is 0 Å². The Labute approximate surface area is 116 Å². The third-order valence-corrected chi connectivity index (χ3v) is 4.57. The number of rotatable bonds is 6. The van der Waals surface area contributed by atoms with Crippen molar-refractivity contribution in [1.29, 1.82) is 0 Å². The van der Waals surface area contributed by atoms with Crippen molar-refractivity contribution in [3.8, 4) is 0 Å². The number of aryl methyl sites for hydroxylation is 2. The Kier molecular flexibility index (Phi) is 4.86. The smallest absolute Gasteiger partial charge is 0.0991 e. The van der Waals surface area contributed by atoms with E-state index < -0.39 is 0 Å². The molecule has 0 aromatic carbocycles. The van der Waals surface area contributed by atoms with Crippen LogP contribution in [0.2, 0.25) is 0 Å². The van der Waals surface area contributed by atoms with Crippen LogP contribution in [0.3, 0.4) is 0 Å². The van der Waals surface area contributed by atoms with Gasteiger partial charge in [0.2, 0.25) is 0 Å². The minimum absolute atomic E-state index is 0.870. The van der Waals surface area contributed by atoms with Crippen LogP contribution < -0.4 is 5.32 Å². The molecule has 0 bridgehead atoms. The molecule has 0 unspecified atom stereocenters. The zero-order chi connectivity index (χ0) is 13.0. The van der Waals surface area contributed by atoms with Gasteiger partial charge in [-0.2, -0.15) is 0 Å². The van der Waals surface area contributed by atoms with E-state index >= 15 is 0 Å². The molecule has 1 N–H and O–H groups in total. The van der Waals surface area contributed by atoms with Gasteiger partial charge < -0.3 is 5.32 Å². The minimum Gasteiger partial charge on any atom is -0.315 e. The number of aromatic nitrogens is 2. The van der Waals surface area contributed by atoms with Crippen LogP contribution in [-0.2, 0) is 19.4 Å². The highest BCUT2D eigenvalue weighted by Crippen LogP contribution is 2.23. The van der Waals surface area contributed by atoms with Gasteiger partial charge in [0.25, 0.3) is 0 Å². The van der Waals surface area contributed by atoms with E-state index in [2.05, 4.69) is 22.6 Å². The fourth-order valence-corrected chi connectivity index (χ4v) is 3.64. The van der Waals surface area contributed by atoms with Crippen LogP contribution in [0.25, 0.3) is 0 Å². The van der Waals surface area contributed by atoms with E-state index in [-0.39, 0.29) is 0 Å². The highest BCUT2D eigenvalue weighted by atomic mass is 32.1. The molecule has 18 heavy (non-hydrogen) atoms. The van der Waals surface area contributed by atoms with Crippen molar-refractivity contribution in [2.24, 2.45) is 0 Å². The summed E-state index contributed by atoms with van der Waals surface area (Å²) in [6.45, 7) is 5.17. The Bertz CT molecular complexity index is 479. The average Bonchev–Trinajstić information content (AvgIpc) is 2.88. The first-order valence-electron chi connectivity index (χ1n) is 6.26. The first kappa shape index (κ1) is 13.6. The summed E-state index contributed by atoms with van der Waals surface area (Å²) in [5.74, 6) is 0. The van der Waals surface area contributed by atoms with Gasteiger partial charge in [-0.25, -0.2) is 9.97 Å². The van der Waals surface area contributed by atoms with Crippen molar-refractivity contribution in [3.05, 3.63) is 31.7 Å². The lowest BCUT2D eigenvalue weighted by Crippen LogP contribution is -2.05. The second-order valence-corrected chi connectivity index (χ2v) is 6.52. The summed E-state index contributed by atoms with van der Waals surface area (Å²) < 4.78 is 0. The predicted octanol–water partition coefficient (Wildman–Crippen LogP) is 3.17. The van der Waals surface area contributed by atoms with Gasteiger partial charge in [-0.15, -0.1) is 22.7 Å². The predicted molar refractivity (Wildman–Crippen MR) is 78.5 cm³/mol. The van der Waals surface area contributed by atoms with Crippen LogP contribution in [0.4, 0.5) is 0 Å². The Morgan fingerprint density at radius 3 is 2.78 bits per heavy atom. The fourth-order valence-electron chi connectivity index (χ4n) is 1.89. The summed E-state index contributed by atoms with van der Waals surface area (Å²) in [4.78, 5) is 10.6. The first-order chi connectivity index (χ1) is 8.72. The highest BCUT2D eigenvalue weighted by Gasteiger charge is 2.11. The third-order valence-electron chi connectivity index (χ3n) is 2.65. The van der Waals surface area contributed by atoms with Crippen molar-refractivity contribution in [1.82, 2.24) is 15.3 Å². The lowest BCUT2D eigenvalue weighted by molar-refractivity contribution is 0.796. The maximum atomic E-state index is 4.77. The highest BCUT2D eigenvalue weighted by molar-refractivity contribution is 7.11. The average molecular weight is 281 g/mol. The second-order valence-electron chi connectivity index (χ2n) is 4.29. The number of thiazole rings is 2.